The quantitative estimate of drug-likeness (QED) is 0.785. The molecule has 3 heterocycles. The molecule has 1 aliphatic carbocycles. The first-order valence-corrected chi connectivity index (χ1v) is 9.07. The summed E-state index contributed by atoms with van der Waals surface area (Å²) in [5, 5.41) is 0. The zero-order chi connectivity index (χ0) is 16.4. The molecule has 2 aromatic heterocycles. The molecule has 24 heavy (non-hydrogen) atoms. The Labute approximate surface area is 143 Å². The normalized spacial score (nSPS) is 21.0. The first-order chi connectivity index (χ1) is 11.8. The van der Waals surface area contributed by atoms with Gasteiger partial charge in [0.1, 0.15) is 0 Å². The summed E-state index contributed by atoms with van der Waals surface area (Å²) in [7, 11) is 0. The van der Waals surface area contributed by atoms with Gasteiger partial charge in [-0.15, -0.1) is 0 Å². The number of aromatic nitrogens is 3. The van der Waals surface area contributed by atoms with Crippen LogP contribution in [0.3, 0.4) is 0 Å². The highest BCUT2D eigenvalue weighted by Gasteiger charge is 2.32. The summed E-state index contributed by atoms with van der Waals surface area (Å²) in [5.74, 6) is 1.27. The van der Waals surface area contributed by atoms with Crippen LogP contribution in [0.25, 0.3) is 0 Å². The Balaban J connectivity index is 1.53. The molecular weight excluding hydrogens is 300 g/mol. The lowest BCUT2D eigenvalue weighted by Gasteiger charge is -2.33. The number of imidazole rings is 1. The van der Waals surface area contributed by atoms with Gasteiger partial charge in [0.05, 0.1) is 24.3 Å². The summed E-state index contributed by atoms with van der Waals surface area (Å²) in [5.41, 5.74) is 3.75. The lowest BCUT2D eigenvalue weighted by atomic mass is 9.98. The lowest BCUT2D eigenvalue weighted by Crippen LogP contribution is -2.36. The molecule has 2 aromatic rings. The SMILES string of the molecule is CCOC[C@H]1CN(Cc2ccccn2)Cc2ncn(CC3CC3)c21. The van der Waals surface area contributed by atoms with Crippen molar-refractivity contribution in [3.05, 3.63) is 47.8 Å². The van der Waals surface area contributed by atoms with Crippen LogP contribution < -0.4 is 0 Å². The van der Waals surface area contributed by atoms with E-state index in [2.05, 4.69) is 33.5 Å². The Morgan fingerprint density at radius 2 is 2.17 bits per heavy atom. The molecule has 2 aliphatic rings. The summed E-state index contributed by atoms with van der Waals surface area (Å²) in [6, 6.07) is 6.12. The molecule has 0 N–H and O–H groups in total. The van der Waals surface area contributed by atoms with E-state index in [0.717, 1.165) is 51.0 Å². The van der Waals surface area contributed by atoms with E-state index >= 15 is 0 Å². The second-order valence-electron chi connectivity index (χ2n) is 7.02. The van der Waals surface area contributed by atoms with Gasteiger partial charge in [-0.2, -0.15) is 0 Å². The molecule has 5 heteroatoms. The Hall–Kier alpha value is -1.72. The number of hydrogen-bond donors (Lipinski definition) is 0. The molecule has 0 amide bonds. The monoisotopic (exact) mass is 326 g/mol. The van der Waals surface area contributed by atoms with Crippen molar-refractivity contribution in [3.8, 4) is 0 Å². The number of nitrogens with zero attached hydrogens (tertiary/aromatic N) is 4. The van der Waals surface area contributed by atoms with E-state index in [9.17, 15) is 0 Å². The van der Waals surface area contributed by atoms with E-state index in [1.54, 1.807) is 0 Å². The van der Waals surface area contributed by atoms with Gasteiger partial charge in [0.2, 0.25) is 0 Å². The third kappa shape index (κ3) is 3.52. The highest BCUT2D eigenvalue weighted by Crippen LogP contribution is 2.34. The van der Waals surface area contributed by atoms with Crippen LogP contribution in [-0.2, 0) is 24.4 Å². The van der Waals surface area contributed by atoms with Gasteiger partial charge in [-0.05, 0) is 37.8 Å². The predicted octanol–water partition coefficient (Wildman–Crippen LogP) is 2.82. The summed E-state index contributed by atoms with van der Waals surface area (Å²) >= 11 is 0. The maximum atomic E-state index is 5.79. The van der Waals surface area contributed by atoms with Crippen molar-refractivity contribution in [3.63, 3.8) is 0 Å². The van der Waals surface area contributed by atoms with Crippen LogP contribution in [0.5, 0.6) is 0 Å². The van der Waals surface area contributed by atoms with Crippen molar-refractivity contribution in [2.75, 3.05) is 19.8 Å². The van der Waals surface area contributed by atoms with E-state index in [0.29, 0.717) is 5.92 Å². The second-order valence-corrected chi connectivity index (χ2v) is 7.02. The number of hydrogen-bond acceptors (Lipinski definition) is 4. The first kappa shape index (κ1) is 15.8. The molecule has 0 radical (unpaired) electrons. The fourth-order valence-corrected chi connectivity index (χ4v) is 3.66. The van der Waals surface area contributed by atoms with E-state index in [-0.39, 0.29) is 0 Å². The van der Waals surface area contributed by atoms with E-state index in [4.69, 9.17) is 9.72 Å². The van der Waals surface area contributed by atoms with Crippen molar-refractivity contribution in [1.82, 2.24) is 19.4 Å². The highest BCUT2D eigenvalue weighted by atomic mass is 16.5. The van der Waals surface area contributed by atoms with Gasteiger partial charge >= 0.3 is 0 Å². The van der Waals surface area contributed by atoms with Gasteiger partial charge < -0.3 is 9.30 Å². The number of fused-ring (bicyclic) bond motifs is 1. The van der Waals surface area contributed by atoms with Gasteiger partial charge in [0.15, 0.2) is 0 Å². The van der Waals surface area contributed by atoms with Gasteiger partial charge in [-0.3, -0.25) is 9.88 Å². The van der Waals surface area contributed by atoms with Crippen LogP contribution in [0.1, 0.15) is 42.8 Å². The van der Waals surface area contributed by atoms with Crippen LogP contribution in [0.2, 0.25) is 0 Å². The zero-order valence-electron chi connectivity index (χ0n) is 14.4. The summed E-state index contributed by atoms with van der Waals surface area (Å²) in [4.78, 5) is 11.7. The smallest absolute Gasteiger partial charge is 0.0952 e. The van der Waals surface area contributed by atoms with Crippen LogP contribution in [0, 0.1) is 5.92 Å². The van der Waals surface area contributed by atoms with Crippen molar-refractivity contribution < 1.29 is 4.74 Å². The summed E-state index contributed by atoms with van der Waals surface area (Å²) in [6.45, 7) is 7.54. The standard InChI is InChI=1S/C19H26N4O/c1-2-24-13-16-10-22(11-17-5-3-4-8-20-17)12-18-19(16)23(14-21-18)9-15-6-7-15/h3-5,8,14-16H,2,6-7,9-13H2,1H3/t16-/m1/s1. The van der Waals surface area contributed by atoms with Gasteiger partial charge in [-0.25, -0.2) is 4.98 Å². The second kappa shape index (κ2) is 7.03. The van der Waals surface area contributed by atoms with Gasteiger partial charge in [-0.1, -0.05) is 6.07 Å². The highest BCUT2D eigenvalue weighted by molar-refractivity contribution is 5.23. The largest absolute Gasteiger partial charge is 0.381 e. The van der Waals surface area contributed by atoms with Gasteiger partial charge in [0.25, 0.3) is 0 Å². The number of pyridine rings is 1. The fraction of sp³-hybridized carbons (Fsp3) is 0.579. The fourth-order valence-electron chi connectivity index (χ4n) is 3.66. The Morgan fingerprint density at radius 1 is 1.25 bits per heavy atom. The molecule has 128 valence electrons. The van der Waals surface area contributed by atoms with Crippen LogP contribution in [0.4, 0.5) is 0 Å². The maximum absolute atomic E-state index is 5.79. The Morgan fingerprint density at radius 3 is 2.92 bits per heavy atom. The molecule has 0 aromatic carbocycles. The molecule has 5 nitrogen and oxygen atoms in total. The zero-order valence-corrected chi connectivity index (χ0v) is 14.4. The molecule has 1 atom stereocenters. The maximum Gasteiger partial charge on any atom is 0.0952 e. The lowest BCUT2D eigenvalue weighted by molar-refractivity contribution is 0.101. The van der Waals surface area contributed by atoms with Crippen LogP contribution >= 0.6 is 0 Å². The molecule has 1 aliphatic heterocycles. The molecule has 4 rings (SSSR count). The molecule has 1 saturated carbocycles. The molecule has 0 unspecified atom stereocenters. The molecule has 0 saturated heterocycles. The van der Waals surface area contributed by atoms with Crippen molar-refractivity contribution in [2.45, 2.75) is 45.3 Å². The minimum absolute atomic E-state index is 0.402. The number of rotatable bonds is 7. The predicted molar refractivity (Wildman–Crippen MR) is 92.5 cm³/mol. The summed E-state index contributed by atoms with van der Waals surface area (Å²) in [6.07, 6.45) is 6.66. The third-order valence-electron chi connectivity index (χ3n) is 4.98. The van der Waals surface area contributed by atoms with Crippen molar-refractivity contribution >= 4 is 0 Å². The molecule has 0 spiro atoms. The first-order valence-electron chi connectivity index (χ1n) is 9.07. The van der Waals surface area contributed by atoms with Crippen molar-refractivity contribution in [1.29, 1.82) is 0 Å². The molecule has 0 bridgehead atoms. The number of ether oxygens (including phenoxy) is 1. The average molecular weight is 326 g/mol. The topological polar surface area (TPSA) is 43.2 Å². The minimum Gasteiger partial charge on any atom is -0.381 e. The Bertz CT molecular complexity index is 665. The molecule has 1 fully saturated rings. The summed E-state index contributed by atoms with van der Waals surface area (Å²) < 4.78 is 8.19. The van der Waals surface area contributed by atoms with Crippen LogP contribution in [0.15, 0.2) is 30.7 Å². The average Bonchev–Trinajstić information content (AvgIpc) is 3.33. The van der Waals surface area contributed by atoms with E-state index < -0.39 is 0 Å². The van der Waals surface area contributed by atoms with Crippen LogP contribution in [-0.4, -0.2) is 39.2 Å². The molecular formula is C19H26N4O. The Kier molecular flexibility index (Phi) is 4.63. The van der Waals surface area contributed by atoms with E-state index in [1.165, 1.54) is 24.2 Å². The third-order valence-corrected chi connectivity index (χ3v) is 4.98. The minimum atomic E-state index is 0.402. The van der Waals surface area contributed by atoms with E-state index in [1.807, 2.05) is 18.6 Å². The van der Waals surface area contributed by atoms with Gasteiger partial charge in [0, 0.05) is 50.6 Å². The van der Waals surface area contributed by atoms with Crippen molar-refractivity contribution in [2.24, 2.45) is 5.92 Å².